The summed E-state index contributed by atoms with van der Waals surface area (Å²) in [6.45, 7) is 2.94. The van der Waals surface area contributed by atoms with Crippen LogP contribution in [0.3, 0.4) is 0 Å². The summed E-state index contributed by atoms with van der Waals surface area (Å²) in [7, 11) is 4.05. The van der Waals surface area contributed by atoms with Crippen molar-refractivity contribution in [1.29, 1.82) is 0 Å². The fourth-order valence-electron chi connectivity index (χ4n) is 2.47. The van der Waals surface area contributed by atoms with Crippen LogP contribution < -0.4 is 0 Å². The minimum absolute atomic E-state index is 0.191. The Morgan fingerprint density at radius 3 is 2.56 bits per heavy atom. The summed E-state index contributed by atoms with van der Waals surface area (Å²) in [6, 6.07) is 8.33. The molecule has 2 rings (SSSR count). The topological polar surface area (TPSA) is 20.3 Å². The van der Waals surface area contributed by atoms with Gasteiger partial charge in [0.05, 0.1) is 0 Å². The SMILES string of the molecule is Cc1ccc(C=C2CCC(CN(C)C)C2=O)cc1. The van der Waals surface area contributed by atoms with Crippen molar-refractivity contribution in [3.63, 3.8) is 0 Å². The summed E-state index contributed by atoms with van der Waals surface area (Å²) in [6.07, 6.45) is 3.97. The maximum absolute atomic E-state index is 12.2. The van der Waals surface area contributed by atoms with Gasteiger partial charge in [0.1, 0.15) is 0 Å². The number of ketones is 1. The Hall–Kier alpha value is -1.41. The molecule has 0 heterocycles. The molecule has 96 valence electrons. The number of carbonyl (C=O) groups is 1. The molecule has 0 amide bonds. The van der Waals surface area contributed by atoms with Gasteiger partial charge in [0.25, 0.3) is 0 Å². The van der Waals surface area contributed by atoms with Crippen molar-refractivity contribution in [2.24, 2.45) is 5.92 Å². The molecule has 0 aliphatic heterocycles. The van der Waals surface area contributed by atoms with Gasteiger partial charge in [0.2, 0.25) is 0 Å². The van der Waals surface area contributed by atoms with Crippen LogP contribution in [-0.4, -0.2) is 31.3 Å². The average molecular weight is 243 g/mol. The first-order chi connectivity index (χ1) is 8.56. The van der Waals surface area contributed by atoms with Crippen LogP contribution in [0.1, 0.15) is 24.0 Å². The van der Waals surface area contributed by atoms with Gasteiger partial charge >= 0.3 is 0 Å². The van der Waals surface area contributed by atoms with Gasteiger partial charge < -0.3 is 4.90 Å². The second-order valence-corrected chi connectivity index (χ2v) is 5.44. The molecule has 1 aliphatic carbocycles. The van der Waals surface area contributed by atoms with E-state index in [-0.39, 0.29) is 5.92 Å². The summed E-state index contributed by atoms with van der Waals surface area (Å²) >= 11 is 0. The molecule has 1 saturated carbocycles. The third-order valence-electron chi connectivity index (χ3n) is 3.45. The van der Waals surface area contributed by atoms with E-state index in [1.165, 1.54) is 5.56 Å². The molecule has 18 heavy (non-hydrogen) atoms. The number of allylic oxidation sites excluding steroid dienone is 1. The highest BCUT2D eigenvalue weighted by molar-refractivity contribution is 6.03. The molecule has 0 N–H and O–H groups in total. The summed E-state index contributed by atoms with van der Waals surface area (Å²) in [5, 5.41) is 0. The minimum Gasteiger partial charge on any atom is -0.309 e. The fourth-order valence-corrected chi connectivity index (χ4v) is 2.47. The Kier molecular flexibility index (Phi) is 3.97. The number of hydrogen-bond donors (Lipinski definition) is 0. The van der Waals surface area contributed by atoms with Gasteiger partial charge in [-0.15, -0.1) is 0 Å². The van der Waals surface area contributed by atoms with Crippen molar-refractivity contribution in [2.75, 3.05) is 20.6 Å². The molecule has 0 spiro atoms. The van der Waals surface area contributed by atoms with E-state index in [4.69, 9.17) is 0 Å². The second-order valence-electron chi connectivity index (χ2n) is 5.44. The maximum atomic E-state index is 12.2. The van der Waals surface area contributed by atoms with E-state index in [0.717, 1.165) is 30.5 Å². The summed E-state index contributed by atoms with van der Waals surface area (Å²) < 4.78 is 0. The van der Waals surface area contributed by atoms with Gasteiger partial charge in [-0.25, -0.2) is 0 Å². The van der Waals surface area contributed by atoms with Crippen molar-refractivity contribution in [2.45, 2.75) is 19.8 Å². The molecule has 0 bridgehead atoms. The van der Waals surface area contributed by atoms with Gasteiger partial charge in [-0.2, -0.15) is 0 Å². The van der Waals surface area contributed by atoms with E-state index in [1.54, 1.807) is 0 Å². The zero-order chi connectivity index (χ0) is 13.1. The molecule has 0 aromatic heterocycles. The Bertz CT molecular complexity index is 456. The fraction of sp³-hybridized carbons (Fsp3) is 0.438. The van der Waals surface area contributed by atoms with E-state index < -0.39 is 0 Å². The number of benzene rings is 1. The molecule has 1 aromatic carbocycles. The monoisotopic (exact) mass is 243 g/mol. The van der Waals surface area contributed by atoms with Crippen LogP contribution in [0.15, 0.2) is 29.8 Å². The lowest BCUT2D eigenvalue weighted by Crippen LogP contribution is -2.24. The third kappa shape index (κ3) is 3.08. The Morgan fingerprint density at radius 2 is 1.94 bits per heavy atom. The van der Waals surface area contributed by atoms with Gasteiger partial charge in [0.15, 0.2) is 5.78 Å². The van der Waals surface area contributed by atoms with Crippen LogP contribution in [0.25, 0.3) is 6.08 Å². The number of nitrogens with zero attached hydrogens (tertiary/aromatic N) is 1. The first kappa shape index (κ1) is 13.0. The lowest BCUT2D eigenvalue weighted by Gasteiger charge is -2.13. The number of aryl methyl sites for hydroxylation is 1. The summed E-state index contributed by atoms with van der Waals surface area (Å²) in [5.74, 6) is 0.529. The van der Waals surface area contributed by atoms with Gasteiger partial charge in [0, 0.05) is 12.5 Å². The molecule has 0 radical (unpaired) electrons. The smallest absolute Gasteiger partial charge is 0.163 e. The highest BCUT2D eigenvalue weighted by Gasteiger charge is 2.29. The minimum atomic E-state index is 0.191. The van der Waals surface area contributed by atoms with Gasteiger partial charge in [-0.05, 0) is 51.1 Å². The number of Topliss-reactive ketones (excluding diaryl/α,β-unsaturated/α-hetero) is 1. The lowest BCUT2D eigenvalue weighted by molar-refractivity contribution is -0.118. The standard InChI is InChI=1S/C16H21NO/c1-12-4-6-13(7-5-12)10-14-8-9-15(16(14)18)11-17(2)3/h4-7,10,15H,8-9,11H2,1-3H3. The maximum Gasteiger partial charge on any atom is 0.163 e. The molecule has 2 heteroatoms. The van der Waals surface area contributed by atoms with Gasteiger partial charge in [-0.3, -0.25) is 4.79 Å². The molecule has 1 fully saturated rings. The summed E-state index contributed by atoms with van der Waals surface area (Å²) in [4.78, 5) is 14.3. The predicted molar refractivity (Wildman–Crippen MR) is 75.4 cm³/mol. The van der Waals surface area contributed by atoms with E-state index in [9.17, 15) is 4.79 Å². The van der Waals surface area contributed by atoms with Crippen molar-refractivity contribution >= 4 is 11.9 Å². The highest BCUT2D eigenvalue weighted by atomic mass is 16.1. The number of hydrogen-bond acceptors (Lipinski definition) is 2. The van der Waals surface area contributed by atoms with Crippen LogP contribution in [-0.2, 0) is 4.79 Å². The number of rotatable bonds is 3. The van der Waals surface area contributed by atoms with Crippen molar-refractivity contribution < 1.29 is 4.79 Å². The van der Waals surface area contributed by atoms with Crippen LogP contribution >= 0.6 is 0 Å². The first-order valence-electron chi connectivity index (χ1n) is 6.52. The van der Waals surface area contributed by atoms with Crippen molar-refractivity contribution in [1.82, 2.24) is 4.90 Å². The molecule has 1 aromatic rings. The predicted octanol–water partition coefficient (Wildman–Crippen LogP) is 2.92. The first-order valence-corrected chi connectivity index (χ1v) is 6.52. The van der Waals surface area contributed by atoms with Crippen LogP contribution in [0.4, 0.5) is 0 Å². The van der Waals surface area contributed by atoms with Gasteiger partial charge in [-0.1, -0.05) is 29.8 Å². The van der Waals surface area contributed by atoms with E-state index in [0.29, 0.717) is 5.78 Å². The Labute approximate surface area is 109 Å². The Morgan fingerprint density at radius 1 is 1.28 bits per heavy atom. The van der Waals surface area contributed by atoms with Crippen LogP contribution in [0.2, 0.25) is 0 Å². The van der Waals surface area contributed by atoms with E-state index >= 15 is 0 Å². The molecule has 0 saturated heterocycles. The largest absolute Gasteiger partial charge is 0.309 e. The second kappa shape index (κ2) is 5.49. The van der Waals surface area contributed by atoms with Crippen LogP contribution in [0, 0.1) is 12.8 Å². The van der Waals surface area contributed by atoms with E-state index in [2.05, 4.69) is 42.2 Å². The third-order valence-corrected chi connectivity index (χ3v) is 3.45. The number of carbonyl (C=O) groups excluding carboxylic acids is 1. The molecular weight excluding hydrogens is 222 g/mol. The summed E-state index contributed by atoms with van der Waals surface area (Å²) in [5.41, 5.74) is 3.38. The molecule has 2 nitrogen and oxygen atoms in total. The lowest BCUT2D eigenvalue weighted by atomic mass is 10.0. The molecule has 1 atom stereocenters. The van der Waals surface area contributed by atoms with Crippen LogP contribution in [0.5, 0.6) is 0 Å². The van der Waals surface area contributed by atoms with Crippen molar-refractivity contribution in [3.8, 4) is 0 Å². The van der Waals surface area contributed by atoms with Crippen molar-refractivity contribution in [3.05, 3.63) is 41.0 Å². The molecule has 1 unspecified atom stereocenters. The molecule has 1 aliphatic rings. The Balaban J connectivity index is 2.11. The average Bonchev–Trinajstić information content (AvgIpc) is 2.64. The normalized spacial score (nSPS) is 22.1. The zero-order valence-electron chi connectivity index (χ0n) is 11.4. The zero-order valence-corrected chi connectivity index (χ0v) is 11.4. The quantitative estimate of drug-likeness (QED) is 0.761. The highest BCUT2D eigenvalue weighted by Crippen LogP contribution is 2.28. The van der Waals surface area contributed by atoms with E-state index in [1.807, 2.05) is 14.1 Å². The molecular formula is C16H21NO.